The third-order valence-corrected chi connectivity index (χ3v) is 4.66. The molecule has 114 valence electrons. The van der Waals surface area contributed by atoms with E-state index < -0.39 is 10.2 Å². The molecular weight excluding hydrogens is 288 g/mol. The van der Waals surface area contributed by atoms with Crippen molar-refractivity contribution < 1.29 is 8.42 Å². The zero-order valence-corrected chi connectivity index (χ0v) is 13.0. The van der Waals surface area contributed by atoms with Crippen LogP contribution in [0.25, 0.3) is 10.9 Å². The fourth-order valence-electron chi connectivity index (χ4n) is 1.96. The normalized spacial score (nSPS) is 12.0. The standard InChI is InChI=1S/C14H20N4O2S/c1-15-8-4-10-18(2)21(19,20)17-13-6-7-14-12(11-13)5-3-9-16-14/h3,5-7,9,11,15,17H,4,8,10H2,1-2H3. The predicted octanol–water partition coefficient (Wildman–Crippen LogP) is 1.43. The zero-order chi connectivity index (χ0) is 15.3. The summed E-state index contributed by atoms with van der Waals surface area (Å²) in [6.45, 7) is 1.24. The Kier molecular flexibility index (Phi) is 5.11. The lowest BCUT2D eigenvalue weighted by molar-refractivity contribution is 0.462. The molecule has 2 N–H and O–H groups in total. The summed E-state index contributed by atoms with van der Waals surface area (Å²) >= 11 is 0. The van der Waals surface area contributed by atoms with E-state index in [9.17, 15) is 8.42 Å². The molecule has 21 heavy (non-hydrogen) atoms. The second-order valence-electron chi connectivity index (χ2n) is 4.80. The van der Waals surface area contributed by atoms with Crippen molar-refractivity contribution in [2.75, 3.05) is 31.9 Å². The van der Waals surface area contributed by atoms with Crippen molar-refractivity contribution in [2.45, 2.75) is 6.42 Å². The van der Waals surface area contributed by atoms with Crippen molar-refractivity contribution in [3.63, 3.8) is 0 Å². The number of aromatic nitrogens is 1. The number of nitrogens with one attached hydrogen (secondary N) is 2. The number of anilines is 1. The number of benzene rings is 1. The molecule has 7 heteroatoms. The van der Waals surface area contributed by atoms with Crippen molar-refractivity contribution >= 4 is 26.8 Å². The predicted molar refractivity (Wildman–Crippen MR) is 85.5 cm³/mol. The molecule has 2 aromatic rings. The van der Waals surface area contributed by atoms with Crippen LogP contribution in [0.3, 0.4) is 0 Å². The first-order valence-electron chi connectivity index (χ1n) is 6.76. The van der Waals surface area contributed by atoms with E-state index in [0.29, 0.717) is 12.2 Å². The van der Waals surface area contributed by atoms with Gasteiger partial charge in [0.2, 0.25) is 0 Å². The van der Waals surface area contributed by atoms with Gasteiger partial charge in [0.25, 0.3) is 0 Å². The van der Waals surface area contributed by atoms with E-state index in [4.69, 9.17) is 0 Å². The molecule has 0 aliphatic carbocycles. The van der Waals surface area contributed by atoms with Crippen LogP contribution >= 0.6 is 0 Å². The summed E-state index contributed by atoms with van der Waals surface area (Å²) in [5.74, 6) is 0. The Morgan fingerprint density at radius 3 is 2.86 bits per heavy atom. The van der Waals surface area contributed by atoms with Crippen LogP contribution in [0.2, 0.25) is 0 Å². The molecule has 0 aliphatic heterocycles. The molecule has 0 saturated carbocycles. The lowest BCUT2D eigenvalue weighted by Gasteiger charge is -2.18. The third kappa shape index (κ3) is 4.13. The fraction of sp³-hybridized carbons (Fsp3) is 0.357. The van der Waals surface area contributed by atoms with Gasteiger partial charge < -0.3 is 5.32 Å². The van der Waals surface area contributed by atoms with Gasteiger partial charge in [0.1, 0.15) is 0 Å². The van der Waals surface area contributed by atoms with Gasteiger partial charge in [0.05, 0.1) is 11.2 Å². The molecule has 0 unspecified atom stereocenters. The topological polar surface area (TPSA) is 74.3 Å². The van der Waals surface area contributed by atoms with Gasteiger partial charge in [0.15, 0.2) is 0 Å². The third-order valence-electron chi connectivity index (χ3n) is 3.16. The molecule has 1 aromatic heterocycles. The summed E-state index contributed by atoms with van der Waals surface area (Å²) in [6.07, 6.45) is 2.47. The van der Waals surface area contributed by atoms with Gasteiger partial charge in [-0.05, 0) is 44.3 Å². The van der Waals surface area contributed by atoms with Gasteiger partial charge in [-0.1, -0.05) is 6.07 Å². The Hall–Kier alpha value is -1.70. The van der Waals surface area contributed by atoms with E-state index >= 15 is 0 Å². The lowest BCUT2D eigenvalue weighted by atomic mass is 10.2. The molecule has 1 aromatic carbocycles. The van der Waals surface area contributed by atoms with Crippen molar-refractivity contribution in [3.05, 3.63) is 36.5 Å². The van der Waals surface area contributed by atoms with Crippen LogP contribution in [0.15, 0.2) is 36.5 Å². The first-order valence-corrected chi connectivity index (χ1v) is 8.20. The number of fused-ring (bicyclic) bond motifs is 1. The molecule has 0 aliphatic rings. The summed E-state index contributed by atoms with van der Waals surface area (Å²) in [5, 5.41) is 3.89. The maximum atomic E-state index is 12.2. The Labute approximate surface area is 125 Å². The van der Waals surface area contributed by atoms with E-state index in [1.807, 2.05) is 19.2 Å². The summed E-state index contributed by atoms with van der Waals surface area (Å²) in [7, 11) is -0.114. The van der Waals surface area contributed by atoms with Crippen LogP contribution in [0.4, 0.5) is 5.69 Å². The minimum Gasteiger partial charge on any atom is -0.320 e. The fourth-order valence-corrected chi connectivity index (χ4v) is 2.91. The summed E-state index contributed by atoms with van der Waals surface area (Å²) < 4.78 is 28.3. The summed E-state index contributed by atoms with van der Waals surface area (Å²) in [6, 6.07) is 9.02. The van der Waals surface area contributed by atoms with Crippen LogP contribution < -0.4 is 10.0 Å². The smallest absolute Gasteiger partial charge is 0.301 e. The Balaban J connectivity index is 2.10. The highest BCUT2D eigenvalue weighted by Gasteiger charge is 2.17. The minimum atomic E-state index is -3.53. The SMILES string of the molecule is CNCCCN(C)S(=O)(=O)Nc1ccc2ncccc2c1. The second-order valence-corrected chi connectivity index (χ2v) is 6.57. The van der Waals surface area contributed by atoms with E-state index in [1.54, 1.807) is 31.4 Å². The van der Waals surface area contributed by atoms with Gasteiger partial charge in [-0.15, -0.1) is 0 Å². The number of nitrogens with zero attached hydrogens (tertiary/aromatic N) is 2. The largest absolute Gasteiger partial charge is 0.320 e. The average molecular weight is 308 g/mol. The highest BCUT2D eigenvalue weighted by molar-refractivity contribution is 7.90. The molecular formula is C14H20N4O2S. The Morgan fingerprint density at radius 1 is 1.29 bits per heavy atom. The first kappa shape index (κ1) is 15.7. The molecule has 6 nitrogen and oxygen atoms in total. The molecule has 0 fully saturated rings. The minimum absolute atomic E-state index is 0.464. The first-order chi connectivity index (χ1) is 10.0. The lowest BCUT2D eigenvalue weighted by Crippen LogP contribution is -2.34. The number of hydrogen-bond acceptors (Lipinski definition) is 4. The van der Waals surface area contributed by atoms with Gasteiger partial charge in [-0.3, -0.25) is 9.71 Å². The van der Waals surface area contributed by atoms with E-state index in [1.165, 1.54) is 4.31 Å². The molecule has 0 saturated heterocycles. The van der Waals surface area contributed by atoms with Crippen LogP contribution in [0, 0.1) is 0 Å². The molecule has 1 heterocycles. The van der Waals surface area contributed by atoms with Gasteiger partial charge in [0, 0.05) is 25.2 Å². The van der Waals surface area contributed by atoms with E-state index in [-0.39, 0.29) is 0 Å². The maximum Gasteiger partial charge on any atom is 0.301 e. The van der Waals surface area contributed by atoms with Crippen molar-refractivity contribution in [1.82, 2.24) is 14.6 Å². The van der Waals surface area contributed by atoms with Crippen LogP contribution in [-0.2, 0) is 10.2 Å². The van der Waals surface area contributed by atoms with Gasteiger partial charge in [-0.25, -0.2) is 0 Å². The summed E-state index contributed by atoms with van der Waals surface area (Å²) in [5.41, 5.74) is 1.37. The van der Waals surface area contributed by atoms with E-state index in [0.717, 1.165) is 23.9 Å². The quantitative estimate of drug-likeness (QED) is 0.759. The van der Waals surface area contributed by atoms with Crippen molar-refractivity contribution in [3.8, 4) is 0 Å². The monoisotopic (exact) mass is 308 g/mol. The molecule has 0 bridgehead atoms. The zero-order valence-electron chi connectivity index (χ0n) is 12.2. The highest BCUT2D eigenvalue weighted by Crippen LogP contribution is 2.18. The van der Waals surface area contributed by atoms with Crippen LogP contribution in [0.1, 0.15) is 6.42 Å². The number of pyridine rings is 1. The Bertz CT molecular complexity index is 703. The van der Waals surface area contributed by atoms with Crippen LogP contribution in [-0.4, -0.2) is 44.9 Å². The van der Waals surface area contributed by atoms with Crippen molar-refractivity contribution in [2.24, 2.45) is 0 Å². The van der Waals surface area contributed by atoms with Crippen LogP contribution in [0.5, 0.6) is 0 Å². The van der Waals surface area contributed by atoms with Crippen molar-refractivity contribution in [1.29, 1.82) is 0 Å². The Morgan fingerprint density at radius 2 is 2.10 bits per heavy atom. The van der Waals surface area contributed by atoms with E-state index in [2.05, 4.69) is 15.0 Å². The molecule has 2 rings (SSSR count). The molecule has 0 amide bonds. The van der Waals surface area contributed by atoms with Gasteiger partial charge >= 0.3 is 10.2 Å². The van der Waals surface area contributed by atoms with Gasteiger partial charge in [-0.2, -0.15) is 12.7 Å². The highest BCUT2D eigenvalue weighted by atomic mass is 32.2. The average Bonchev–Trinajstić information content (AvgIpc) is 2.47. The number of hydrogen-bond donors (Lipinski definition) is 2. The second kappa shape index (κ2) is 6.84. The number of rotatable bonds is 7. The summed E-state index contributed by atoms with van der Waals surface area (Å²) in [4.78, 5) is 4.21. The molecule has 0 atom stereocenters. The molecule has 0 spiro atoms. The maximum absolute atomic E-state index is 12.2. The molecule has 0 radical (unpaired) electrons.